The number of nitrogens with zero attached hydrogens (tertiary/aromatic N) is 2. The summed E-state index contributed by atoms with van der Waals surface area (Å²) in [6, 6.07) is 21.9. The number of hydrogen-bond acceptors (Lipinski definition) is 7. The van der Waals surface area contributed by atoms with Gasteiger partial charge in [0.1, 0.15) is 5.75 Å². The van der Waals surface area contributed by atoms with Crippen LogP contribution >= 0.6 is 0 Å². The molecule has 1 fully saturated rings. The van der Waals surface area contributed by atoms with Crippen LogP contribution in [0.5, 0.6) is 5.75 Å². The number of morpholine rings is 1. The predicted octanol–water partition coefficient (Wildman–Crippen LogP) is 2.09. The lowest BCUT2D eigenvalue weighted by molar-refractivity contribution is -0.123. The first-order chi connectivity index (χ1) is 17.9. The number of sulfonamides is 1. The molecule has 0 aromatic heterocycles. The minimum atomic E-state index is -3.76. The fraction of sp³-hybridized carbons (Fsp3) is 0.192. The number of hydrogen-bond donors (Lipinski definition) is 2. The summed E-state index contributed by atoms with van der Waals surface area (Å²) in [6.07, 6.45) is 0. The highest BCUT2D eigenvalue weighted by atomic mass is 32.2. The Balaban J connectivity index is 1.28. The quantitative estimate of drug-likeness (QED) is 0.455. The number of carbonyl (C=O) groups is 2. The van der Waals surface area contributed by atoms with Crippen molar-refractivity contribution < 1.29 is 27.5 Å². The summed E-state index contributed by atoms with van der Waals surface area (Å²) < 4.78 is 37.6. The first-order valence-corrected chi connectivity index (χ1v) is 12.8. The second kappa shape index (κ2) is 11.7. The van der Waals surface area contributed by atoms with Crippen molar-refractivity contribution in [1.82, 2.24) is 15.2 Å². The summed E-state index contributed by atoms with van der Waals surface area (Å²) in [5, 5.41) is 8.90. The Labute approximate surface area is 214 Å². The second-order valence-corrected chi connectivity index (χ2v) is 9.99. The number of ether oxygens (including phenoxy) is 2. The van der Waals surface area contributed by atoms with Crippen molar-refractivity contribution in [2.75, 3.05) is 32.9 Å². The standard InChI is InChI=1S/C26H24N4O6S/c27-17-19-4-6-20(7-5-19)21-8-10-23(11-9-21)36-18-25(31)28-29-26(32)22-2-1-3-24(16-22)37(33,34)30-12-14-35-15-13-30/h1-11,16H,12-15,18H2,(H,28,31)(H,29,32). The van der Waals surface area contributed by atoms with E-state index in [0.29, 0.717) is 24.5 Å². The Morgan fingerprint density at radius 3 is 2.24 bits per heavy atom. The van der Waals surface area contributed by atoms with E-state index in [2.05, 4.69) is 16.9 Å². The van der Waals surface area contributed by atoms with Crippen LogP contribution in [0.3, 0.4) is 0 Å². The maximum Gasteiger partial charge on any atom is 0.276 e. The van der Waals surface area contributed by atoms with Crippen LogP contribution in [0.25, 0.3) is 11.1 Å². The van der Waals surface area contributed by atoms with Crippen LogP contribution in [0.4, 0.5) is 0 Å². The van der Waals surface area contributed by atoms with Crippen molar-refractivity contribution >= 4 is 21.8 Å². The maximum atomic E-state index is 12.8. The van der Waals surface area contributed by atoms with Crippen molar-refractivity contribution in [3.8, 4) is 22.9 Å². The van der Waals surface area contributed by atoms with Crippen molar-refractivity contribution in [2.24, 2.45) is 0 Å². The maximum absolute atomic E-state index is 12.8. The highest BCUT2D eigenvalue weighted by molar-refractivity contribution is 7.89. The number of benzene rings is 3. The molecule has 11 heteroatoms. The Kier molecular flexibility index (Phi) is 8.15. The first kappa shape index (κ1) is 25.8. The molecule has 0 aliphatic carbocycles. The van der Waals surface area contributed by atoms with E-state index in [-0.39, 0.29) is 30.2 Å². The van der Waals surface area contributed by atoms with E-state index in [1.807, 2.05) is 24.3 Å². The van der Waals surface area contributed by atoms with Gasteiger partial charge in [0.25, 0.3) is 11.8 Å². The molecule has 0 radical (unpaired) electrons. The molecule has 0 spiro atoms. The van der Waals surface area contributed by atoms with E-state index in [0.717, 1.165) is 11.1 Å². The van der Waals surface area contributed by atoms with Gasteiger partial charge >= 0.3 is 0 Å². The monoisotopic (exact) mass is 520 g/mol. The first-order valence-electron chi connectivity index (χ1n) is 11.4. The summed E-state index contributed by atoms with van der Waals surface area (Å²) in [5.41, 5.74) is 7.03. The number of hydrazine groups is 1. The molecule has 1 saturated heterocycles. The molecule has 0 unspecified atom stereocenters. The molecule has 4 rings (SSSR count). The topological polar surface area (TPSA) is 138 Å². The van der Waals surface area contributed by atoms with E-state index >= 15 is 0 Å². The third kappa shape index (κ3) is 6.50. The van der Waals surface area contributed by atoms with Gasteiger partial charge in [0.2, 0.25) is 10.0 Å². The zero-order valence-corrected chi connectivity index (χ0v) is 20.5. The van der Waals surface area contributed by atoms with E-state index in [1.54, 1.807) is 24.3 Å². The van der Waals surface area contributed by atoms with Gasteiger partial charge in [-0.25, -0.2) is 8.42 Å². The lowest BCUT2D eigenvalue weighted by atomic mass is 10.0. The molecule has 10 nitrogen and oxygen atoms in total. The van der Waals surface area contributed by atoms with Crippen LogP contribution in [-0.4, -0.2) is 57.4 Å². The minimum Gasteiger partial charge on any atom is -0.484 e. The fourth-order valence-corrected chi connectivity index (χ4v) is 5.05. The van der Waals surface area contributed by atoms with E-state index < -0.39 is 21.8 Å². The summed E-state index contributed by atoms with van der Waals surface area (Å²) in [6.45, 7) is 0.769. The van der Waals surface area contributed by atoms with E-state index in [4.69, 9.17) is 14.7 Å². The van der Waals surface area contributed by atoms with Gasteiger partial charge in [-0.2, -0.15) is 9.57 Å². The molecular weight excluding hydrogens is 496 g/mol. The van der Waals surface area contributed by atoms with Crippen molar-refractivity contribution in [1.29, 1.82) is 5.26 Å². The molecule has 0 bridgehead atoms. The molecule has 0 atom stereocenters. The van der Waals surface area contributed by atoms with Crippen molar-refractivity contribution in [3.05, 3.63) is 83.9 Å². The van der Waals surface area contributed by atoms with Crippen LogP contribution < -0.4 is 15.6 Å². The van der Waals surface area contributed by atoms with Gasteiger partial charge in [-0.05, 0) is 53.6 Å². The van der Waals surface area contributed by atoms with E-state index in [1.165, 1.54) is 28.6 Å². The van der Waals surface area contributed by atoms with Gasteiger partial charge in [0, 0.05) is 18.7 Å². The molecule has 37 heavy (non-hydrogen) atoms. The second-order valence-electron chi connectivity index (χ2n) is 8.05. The van der Waals surface area contributed by atoms with Crippen LogP contribution in [0, 0.1) is 11.3 Å². The Morgan fingerprint density at radius 1 is 0.946 bits per heavy atom. The number of carbonyl (C=O) groups excluding carboxylic acids is 2. The lowest BCUT2D eigenvalue weighted by Gasteiger charge is -2.26. The average Bonchev–Trinajstić information content (AvgIpc) is 2.95. The molecular formula is C26H24N4O6S. The number of rotatable bonds is 7. The van der Waals surface area contributed by atoms with Gasteiger partial charge in [0.05, 0.1) is 29.7 Å². The molecule has 0 saturated carbocycles. The molecule has 3 aromatic carbocycles. The third-order valence-corrected chi connectivity index (χ3v) is 7.49. The predicted molar refractivity (Wildman–Crippen MR) is 134 cm³/mol. The number of nitrogens with one attached hydrogen (secondary N) is 2. The van der Waals surface area contributed by atoms with Gasteiger partial charge in [-0.3, -0.25) is 20.4 Å². The van der Waals surface area contributed by atoms with Crippen LogP contribution in [0.1, 0.15) is 15.9 Å². The summed E-state index contributed by atoms with van der Waals surface area (Å²) in [5.74, 6) is -0.805. The highest BCUT2D eigenvalue weighted by Gasteiger charge is 2.27. The normalized spacial score (nSPS) is 13.8. The Morgan fingerprint density at radius 2 is 1.59 bits per heavy atom. The average molecular weight is 521 g/mol. The molecule has 1 aliphatic heterocycles. The Hall–Kier alpha value is -4.24. The number of nitriles is 1. The molecule has 1 aliphatic rings. The van der Waals surface area contributed by atoms with Crippen molar-refractivity contribution in [2.45, 2.75) is 4.90 Å². The summed E-state index contributed by atoms with van der Waals surface area (Å²) in [4.78, 5) is 24.6. The van der Waals surface area contributed by atoms with Gasteiger partial charge < -0.3 is 9.47 Å². The van der Waals surface area contributed by atoms with Crippen LogP contribution in [0.15, 0.2) is 77.7 Å². The Bertz CT molecular complexity index is 1410. The summed E-state index contributed by atoms with van der Waals surface area (Å²) >= 11 is 0. The minimum absolute atomic E-state index is 0.0128. The highest BCUT2D eigenvalue weighted by Crippen LogP contribution is 2.23. The van der Waals surface area contributed by atoms with Gasteiger partial charge in [-0.1, -0.05) is 30.3 Å². The molecule has 2 N–H and O–H groups in total. The van der Waals surface area contributed by atoms with Gasteiger partial charge in [0.15, 0.2) is 6.61 Å². The lowest BCUT2D eigenvalue weighted by Crippen LogP contribution is -2.44. The largest absolute Gasteiger partial charge is 0.484 e. The van der Waals surface area contributed by atoms with E-state index in [9.17, 15) is 18.0 Å². The SMILES string of the molecule is N#Cc1ccc(-c2ccc(OCC(=O)NNC(=O)c3cccc(S(=O)(=O)N4CCOCC4)c3)cc2)cc1. The molecule has 3 aromatic rings. The molecule has 190 valence electrons. The zero-order valence-electron chi connectivity index (χ0n) is 19.7. The van der Waals surface area contributed by atoms with Crippen molar-refractivity contribution in [3.63, 3.8) is 0 Å². The molecule has 2 amide bonds. The fourth-order valence-electron chi connectivity index (χ4n) is 3.60. The molecule has 1 heterocycles. The summed E-state index contributed by atoms with van der Waals surface area (Å²) in [7, 11) is -3.76. The van der Waals surface area contributed by atoms with Crippen LogP contribution in [0.2, 0.25) is 0 Å². The van der Waals surface area contributed by atoms with Crippen LogP contribution in [-0.2, 0) is 19.6 Å². The zero-order chi connectivity index (χ0) is 26.3. The third-order valence-electron chi connectivity index (χ3n) is 5.59. The smallest absolute Gasteiger partial charge is 0.276 e. The van der Waals surface area contributed by atoms with Gasteiger partial charge in [-0.15, -0.1) is 0 Å². The number of amides is 2.